The van der Waals surface area contributed by atoms with Gasteiger partial charge in [0.25, 0.3) is 0 Å². The molecule has 0 atom stereocenters. The second kappa shape index (κ2) is 4.51. The molecule has 0 unspecified atom stereocenters. The van der Waals surface area contributed by atoms with Crippen LogP contribution in [0.15, 0.2) is 23.6 Å². The Labute approximate surface area is 117 Å². The van der Waals surface area contributed by atoms with Crippen LogP contribution in [0.3, 0.4) is 0 Å². The zero-order valence-electron chi connectivity index (χ0n) is 10.9. The van der Waals surface area contributed by atoms with Crippen molar-refractivity contribution >= 4 is 22.9 Å². The van der Waals surface area contributed by atoms with E-state index in [0.717, 1.165) is 25.0 Å². The zero-order valence-corrected chi connectivity index (χ0v) is 10.9. The minimum atomic E-state index is -1.39. The van der Waals surface area contributed by atoms with Crippen molar-refractivity contribution in [2.75, 3.05) is 0 Å². The minimum Gasteiger partial charge on any atom is -0.477 e. The Balaban J connectivity index is 2.56. The molecule has 0 bridgehead atoms. The van der Waals surface area contributed by atoms with Crippen LogP contribution in [0.4, 0.5) is 8.78 Å². The second-order valence-corrected chi connectivity index (χ2v) is 5.00. The summed E-state index contributed by atoms with van der Waals surface area (Å²) in [5.41, 5.74) is -1.39. The van der Waals surface area contributed by atoms with Gasteiger partial charge in [0, 0.05) is 23.9 Å². The molecule has 6 heteroatoms. The molecule has 0 saturated heterocycles. The molecule has 1 heterocycles. The van der Waals surface area contributed by atoms with Crippen LogP contribution in [0, 0.1) is 11.6 Å². The van der Waals surface area contributed by atoms with Gasteiger partial charge in [-0.15, -0.1) is 0 Å². The monoisotopic (exact) mass is 291 g/mol. The largest absolute Gasteiger partial charge is 0.477 e. The van der Waals surface area contributed by atoms with Crippen LogP contribution in [0.2, 0.25) is 0 Å². The van der Waals surface area contributed by atoms with Gasteiger partial charge in [-0.05, 0) is 12.8 Å². The SMILES string of the molecule is C=Cc1c(F)c(F)cc2c1c(=O)c(C(=O)O)cn2C1CC1. The summed E-state index contributed by atoms with van der Waals surface area (Å²) in [4.78, 5) is 23.5. The van der Waals surface area contributed by atoms with E-state index in [1.807, 2.05) is 0 Å². The average Bonchev–Trinajstić information content (AvgIpc) is 3.25. The van der Waals surface area contributed by atoms with Crippen molar-refractivity contribution in [2.24, 2.45) is 0 Å². The molecule has 3 rings (SSSR count). The Morgan fingerprint density at radius 2 is 2.10 bits per heavy atom. The van der Waals surface area contributed by atoms with Crippen molar-refractivity contribution in [3.8, 4) is 0 Å². The Morgan fingerprint density at radius 3 is 2.62 bits per heavy atom. The number of benzene rings is 1. The number of aromatic carboxylic acids is 1. The number of carboxylic acids is 1. The molecular weight excluding hydrogens is 280 g/mol. The predicted molar refractivity (Wildman–Crippen MR) is 73.4 cm³/mol. The third-order valence-corrected chi connectivity index (χ3v) is 3.63. The average molecular weight is 291 g/mol. The molecule has 0 aliphatic heterocycles. The molecule has 1 aliphatic carbocycles. The molecule has 1 aliphatic rings. The van der Waals surface area contributed by atoms with Crippen molar-refractivity contribution in [1.29, 1.82) is 0 Å². The van der Waals surface area contributed by atoms with Crippen molar-refractivity contribution in [3.05, 3.63) is 51.8 Å². The number of halogens is 2. The fourth-order valence-corrected chi connectivity index (χ4v) is 2.47. The van der Waals surface area contributed by atoms with E-state index in [-0.39, 0.29) is 22.5 Å². The van der Waals surface area contributed by atoms with Gasteiger partial charge in [0.1, 0.15) is 5.56 Å². The number of carboxylic acid groups (broad SMARTS) is 1. The van der Waals surface area contributed by atoms with Gasteiger partial charge in [-0.25, -0.2) is 13.6 Å². The lowest BCUT2D eigenvalue weighted by Gasteiger charge is -2.13. The van der Waals surface area contributed by atoms with Crippen molar-refractivity contribution in [3.63, 3.8) is 0 Å². The van der Waals surface area contributed by atoms with Crippen LogP contribution in [0.25, 0.3) is 17.0 Å². The topological polar surface area (TPSA) is 59.3 Å². The van der Waals surface area contributed by atoms with Gasteiger partial charge in [0.05, 0.1) is 10.9 Å². The molecule has 1 N–H and O–H groups in total. The molecule has 1 aromatic carbocycles. The highest BCUT2D eigenvalue weighted by molar-refractivity contribution is 5.96. The Bertz CT molecular complexity index is 850. The highest BCUT2D eigenvalue weighted by atomic mass is 19.2. The third kappa shape index (κ3) is 1.94. The first-order chi connectivity index (χ1) is 9.95. The van der Waals surface area contributed by atoms with E-state index in [4.69, 9.17) is 5.11 Å². The van der Waals surface area contributed by atoms with E-state index in [1.165, 1.54) is 10.8 Å². The number of aromatic nitrogens is 1. The Hall–Kier alpha value is -2.50. The Kier molecular flexibility index (Phi) is 2.90. The lowest BCUT2D eigenvalue weighted by atomic mass is 10.0. The number of hydrogen-bond donors (Lipinski definition) is 1. The van der Waals surface area contributed by atoms with Crippen molar-refractivity contribution in [1.82, 2.24) is 4.57 Å². The van der Waals surface area contributed by atoms with Crippen LogP contribution >= 0.6 is 0 Å². The van der Waals surface area contributed by atoms with Gasteiger partial charge in [0.15, 0.2) is 11.6 Å². The summed E-state index contributed by atoms with van der Waals surface area (Å²) in [7, 11) is 0. The quantitative estimate of drug-likeness (QED) is 0.945. The summed E-state index contributed by atoms with van der Waals surface area (Å²) in [6.45, 7) is 3.39. The van der Waals surface area contributed by atoms with Crippen LogP contribution in [0.1, 0.15) is 34.8 Å². The van der Waals surface area contributed by atoms with E-state index in [9.17, 15) is 18.4 Å². The van der Waals surface area contributed by atoms with Gasteiger partial charge in [-0.3, -0.25) is 4.79 Å². The van der Waals surface area contributed by atoms with Gasteiger partial charge in [0.2, 0.25) is 5.43 Å². The molecule has 0 radical (unpaired) electrons. The zero-order chi connectivity index (χ0) is 15.3. The summed E-state index contributed by atoms with van der Waals surface area (Å²) >= 11 is 0. The summed E-state index contributed by atoms with van der Waals surface area (Å²) in [5, 5.41) is 8.99. The summed E-state index contributed by atoms with van der Waals surface area (Å²) in [5.74, 6) is -3.68. The highest BCUT2D eigenvalue weighted by Gasteiger charge is 2.28. The van der Waals surface area contributed by atoms with E-state index in [2.05, 4.69) is 6.58 Å². The van der Waals surface area contributed by atoms with Crippen molar-refractivity contribution in [2.45, 2.75) is 18.9 Å². The standard InChI is InChI=1S/C15H11F2NO3/c1-2-8-12-11(5-10(16)13(8)17)18(7-3-4-7)6-9(14(12)19)15(20)21/h2,5-7H,1,3-4H2,(H,20,21). The third-order valence-electron chi connectivity index (χ3n) is 3.63. The maximum atomic E-state index is 13.9. The van der Waals surface area contributed by atoms with Gasteiger partial charge < -0.3 is 9.67 Å². The van der Waals surface area contributed by atoms with Gasteiger partial charge in [-0.2, -0.15) is 0 Å². The summed E-state index contributed by atoms with van der Waals surface area (Å²) in [6, 6.07) is 0.942. The van der Waals surface area contributed by atoms with Gasteiger partial charge in [-0.1, -0.05) is 12.7 Å². The second-order valence-electron chi connectivity index (χ2n) is 5.00. The maximum absolute atomic E-state index is 13.9. The number of carbonyl (C=O) groups is 1. The molecule has 1 saturated carbocycles. The van der Waals surface area contributed by atoms with Crippen LogP contribution in [0.5, 0.6) is 0 Å². The molecule has 2 aromatic rings. The van der Waals surface area contributed by atoms with Crippen molar-refractivity contribution < 1.29 is 18.7 Å². The minimum absolute atomic E-state index is 0.00808. The molecule has 0 spiro atoms. The first-order valence-electron chi connectivity index (χ1n) is 6.38. The van der Waals surface area contributed by atoms with E-state index in [1.54, 1.807) is 0 Å². The smallest absolute Gasteiger partial charge is 0.341 e. The fraction of sp³-hybridized carbons (Fsp3) is 0.200. The number of hydrogen-bond acceptors (Lipinski definition) is 2. The van der Waals surface area contributed by atoms with Crippen LogP contribution in [-0.4, -0.2) is 15.6 Å². The fourth-order valence-electron chi connectivity index (χ4n) is 2.47. The van der Waals surface area contributed by atoms with Gasteiger partial charge >= 0.3 is 5.97 Å². The molecule has 21 heavy (non-hydrogen) atoms. The molecule has 1 fully saturated rings. The Morgan fingerprint density at radius 1 is 1.43 bits per heavy atom. The van der Waals surface area contributed by atoms with E-state index in [0.29, 0.717) is 0 Å². The molecule has 108 valence electrons. The normalized spacial score (nSPS) is 14.4. The molecule has 1 aromatic heterocycles. The van der Waals surface area contributed by atoms with E-state index < -0.39 is 28.6 Å². The lowest BCUT2D eigenvalue weighted by Crippen LogP contribution is -2.20. The first kappa shape index (κ1) is 13.5. The predicted octanol–water partition coefficient (Wildman–Crippen LogP) is 2.96. The lowest BCUT2D eigenvalue weighted by molar-refractivity contribution is 0.0695. The maximum Gasteiger partial charge on any atom is 0.341 e. The highest BCUT2D eigenvalue weighted by Crippen LogP contribution is 2.38. The van der Waals surface area contributed by atoms with Crippen LogP contribution < -0.4 is 5.43 Å². The summed E-state index contributed by atoms with van der Waals surface area (Å²) in [6.07, 6.45) is 3.85. The first-order valence-corrected chi connectivity index (χ1v) is 6.38. The van der Waals surface area contributed by atoms with Crippen LogP contribution in [-0.2, 0) is 0 Å². The number of fused-ring (bicyclic) bond motifs is 1. The number of pyridine rings is 1. The molecular formula is C15H11F2NO3. The van der Waals surface area contributed by atoms with E-state index >= 15 is 0 Å². The number of nitrogens with zero attached hydrogens (tertiary/aromatic N) is 1. The summed E-state index contributed by atoms with van der Waals surface area (Å²) < 4.78 is 29.1. The molecule has 0 amide bonds. The molecule has 4 nitrogen and oxygen atoms in total. The number of rotatable bonds is 3.